The van der Waals surface area contributed by atoms with Gasteiger partial charge < -0.3 is 5.32 Å². The van der Waals surface area contributed by atoms with Gasteiger partial charge in [0.2, 0.25) is 10.0 Å². The maximum Gasteiger partial charge on any atom is 0.256 e. The predicted octanol–water partition coefficient (Wildman–Crippen LogP) is 3.35. The number of nitrogens with one attached hydrogen (secondary N) is 1. The topological polar surface area (TPSA) is 79.4 Å². The smallest absolute Gasteiger partial charge is 0.256 e. The van der Waals surface area contributed by atoms with E-state index < -0.39 is 10.0 Å². The summed E-state index contributed by atoms with van der Waals surface area (Å²) in [6.45, 7) is 3.67. The molecule has 27 heavy (non-hydrogen) atoms. The maximum absolute atomic E-state index is 12.9. The number of carbonyl (C=O) groups is 1. The van der Waals surface area contributed by atoms with Crippen LogP contribution in [-0.2, 0) is 10.0 Å². The van der Waals surface area contributed by atoms with Crippen LogP contribution >= 0.6 is 0 Å². The molecule has 0 bridgehead atoms. The van der Waals surface area contributed by atoms with Crippen LogP contribution in [0.15, 0.2) is 53.6 Å². The highest BCUT2D eigenvalue weighted by Gasteiger charge is 2.20. The summed E-state index contributed by atoms with van der Waals surface area (Å²) in [4.78, 5) is 17.3. The molecule has 1 aromatic heterocycles. The fraction of sp³-hybridized carbons (Fsp3) is 0.200. The molecule has 3 rings (SSSR count). The number of pyridine rings is 1. The minimum Gasteiger partial charge on any atom is -0.322 e. The monoisotopic (exact) mass is 383 g/mol. The Hall–Kier alpha value is -2.77. The second-order valence-electron chi connectivity index (χ2n) is 6.53. The Morgan fingerprint density at radius 3 is 2.52 bits per heavy atom. The zero-order valence-corrected chi connectivity index (χ0v) is 16.5. The molecule has 140 valence electrons. The van der Waals surface area contributed by atoms with Crippen molar-refractivity contribution in [2.24, 2.45) is 0 Å². The average molecular weight is 383 g/mol. The van der Waals surface area contributed by atoms with Crippen molar-refractivity contribution in [1.29, 1.82) is 0 Å². The molecule has 6 nitrogen and oxygen atoms in total. The second-order valence-corrected chi connectivity index (χ2v) is 8.68. The molecule has 0 aliphatic rings. The molecule has 7 heteroatoms. The van der Waals surface area contributed by atoms with Crippen LogP contribution in [0.3, 0.4) is 0 Å². The molecule has 0 saturated carbocycles. The lowest BCUT2D eigenvalue weighted by Crippen LogP contribution is -2.23. The van der Waals surface area contributed by atoms with Crippen LogP contribution in [0.2, 0.25) is 0 Å². The summed E-state index contributed by atoms with van der Waals surface area (Å²) in [5, 5.41) is 3.60. The Morgan fingerprint density at radius 2 is 1.81 bits per heavy atom. The molecule has 0 aliphatic carbocycles. The lowest BCUT2D eigenvalue weighted by Gasteiger charge is -2.16. The predicted molar refractivity (Wildman–Crippen MR) is 106 cm³/mol. The van der Waals surface area contributed by atoms with Crippen LogP contribution in [0.25, 0.3) is 10.9 Å². The number of benzene rings is 2. The van der Waals surface area contributed by atoms with Crippen molar-refractivity contribution in [3.8, 4) is 0 Å². The Balaban J connectivity index is 2.05. The van der Waals surface area contributed by atoms with E-state index in [2.05, 4.69) is 10.3 Å². The van der Waals surface area contributed by atoms with Crippen molar-refractivity contribution in [2.45, 2.75) is 18.7 Å². The van der Waals surface area contributed by atoms with E-state index in [1.165, 1.54) is 20.2 Å². The highest BCUT2D eigenvalue weighted by atomic mass is 32.2. The molecule has 1 amide bonds. The number of fused-ring (bicyclic) bond motifs is 1. The molecule has 1 N–H and O–H groups in total. The minimum absolute atomic E-state index is 0.144. The third-order valence-corrected chi connectivity index (χ3v) is 6.35. The van der Waals surface area contributed by atoms with Crippen LogP contribution in [-0.4, -0.2) is 37.7 Å². The molecule has 0 atom stereocenters. The van der Waals surface area contributed by atoms with Gasteiger partial charge in [-0.15, -0.1) is 0 Å². The summed E-state index contributed by atoms with van der Waals surface area (Å²) >= 11 is 0. The number of rotatable bonds is 4. The number of carbonyl (C=O) groups excluding carboxylic acids is 1. The minimum atomic E-state index is -3.60. The van der Waals surface area contributed by atoms with Gasteiger partial charge in [0.1, 0.15) is 0 Å². The maximum atomic E-state index is 12.9. The molecular formula is C20H21N3O3S. The van der Waals surface area contributed by atoms with Crippen LogP contribution in [0.5, 0.6) is 0 Å². The molecule has 0 radical (unpaired) electrons. The molecule has 1 heterocycles. The number of sulfonamides is 1. The van der Waals surface area contributed by atoms with Gasteiger partial charge in [-0.1, -0.05) is 12.1 Å². The first-order chi connectivity index (χ1) is 12.7. The van der Waals surface area contributed by atoms with Gasteiger partial charge in [0.05, 0.1) is 10.4 Å². The summed E-state index contributed by atoms with van der Waals surface area (Å²) in [6.07, 6.45) is 1.67. The molecule has 0 unspecified atom stereocenters. The lowest BCUT2D eigenvalue weighted by atomic mass is 10.1. The van der Waals surface area contributed by atoms with E-state index >= 15 is 0 Å². The lowest BCUT2D eigenvalue weighted by molar-refractivity contribution is 0.102. The fourth-order valence-electron chi connectivity index (χ4n) is 2.81. The first-order valence-corrected chi connectivity index (χ1v) is 9.84. The number of hydrogen-bond acceptors (Lipinski definition) is 4. The molecule has 0 spiro atoms. The zero-order valence-electron chi connectivity index (χ0n) is 15.6. The third kappa shape index (κ3) is 3.56. The molecule has 0 fully saturated rings. The van der Waals surface area contributed by atoms with Gasteiger partial charge in [-0.3, -0.25) is 9.78 Å². The molecule has 0 saturated heterocycles. The van der Waals surface area contributed by atoms with Crippen LogP contribution in [0, 0.1) is 13.8 Å². The summed E-state index contributed by atoms with van der Waals surface area (Å²) in [5.74, 6) is -0.310. The van der Waals surface area contributed by atoms with Gasteiger partial charge in [-0.25, -0.2) is 12.7 Å². The first-order valence-electron chi connectivity index (χ1n) is 8.40. The van der Waals surface area contributed by atoms with Crippen molar-refractivity contribution in [2.75, 3.05) is 19.4 Å². The van der Waals surface area contributed by atoms with Gasteiger partial charge in [0, 0.05) is 36.9 Å². The SMILES string of the molecule is Cc1cc(S(=O)(=O)N(C)C)cc(NC(=O)c2cccc3ncccc23)c1C. The third-order valence-electron chi connectivity index (χ3n) is 4.56. The summed E-state index contributed by atoms with van der Waals surface area (Å²) in [5.41, 5.74) is 3.29. The Morgan fingerprint density at radius 1 is 1.07 bits per heavy atom. The number of anilines is 1. The van der Waals surface area contributed by atoms with Gasteiger partial charge in [0.15, 0.2) is 0 Å². The molecule has 3 aromatic rings. The van der Waals surface area contributed by atoms with Crippen molar-refractivity contribution >= 4 is 32.5 Å². The Bertz CT molecular complexity index is 1130. The fourth-order valence-corrected chi connectivity index (χ4v) is 3.82. The van der Waals surface area contributed by atoms with Crippen LogP contribution < -0.4 is 5.32 Å². The number of aryl methyl sites for hydroxylation is 1. The average Bonchev–Trinajstić information content (AvgIpc) is 2.64. The van der Waals surface area contributed by atoms with Gasteiger partial charge in [0.25, 0.3) is 5.91 Å². The summed E-state index contributed by atoms with van der Waals surface area (Å²) in [6, 6.07) is 12.1. The highest BCUT2D eigenvalue weighted by molar-refractivity contribution is 7.89. The number of amides is 1. The van der Waals surface area contributed by atoms with Crippen molar-refractivity contribution in [3.63, 3.8) is 0 Å². The summed E-state index contributed by atoms with van der Waals surface area (Å²) in [7, 11) is -0.646. The second kappa shape index (κ2) is 7.09. The zero-order chi connectivity index (χ0) is 19.8. The van der Waals surface area contributed by atoms with Gasteiger partial charge in [-0.05, 0) is 55.3 Å². The summed E-state index contributed by atoms with van der Waals surface area (Å²) < 4.78 is 26.1. The normalized spacial score (nSPS) is 11.7. The molecule has 2 aromatic carbocycles. The van der Waals surface area contributed by atoms with E-state index in [1.807, 2.05) is 26.0 Å². The van der Waals surface area contributed by atoms with E-state index in [4.69, 9.17) is 0 Å². The van der Waals surface area contributed by atoms with E-state index in [1.54, 1.807) is 30.5 Å². The van der Waals surface area contributed by atoms with E-state index in [0.717, 1.165) is 26.3 Å². The highest BCUT2D eigenvalue weighted by Crippen LogP contribution is 2.27. The van der Waals surface area contributed by atoms with Crippen molar-refractivity contribution in [3.05, 3.63) is 65.4 Å². The Kier molecular flexibility index (Phi) is 4.99. The standard InChI is InChI=1S/C20H21N3O3S/c1-13-11-15(27(25,26)23(3)4)12-19(14(13)2)22-20(24)17-7-5-9-18-16(17)8-6-10-21-18/h5-12H,1-4H3,(H,22,24). The Labute approximate surface area is 158 Å². The van der Waals surface area contributed by atoms with Gasteiger partial charge in [-0.2, -0.15) is 0 Å². The van der Waals surface area contributed by atoms with Crippen molar-refractivity contribution in [1.82, 2.24) is 9.29 Å². The van der Waals surface area contributed by atoms with Crippen LogP contribution in [0.4, 0.5) is 5.69 Å². The number of nitrogens with zero attached hydrogens (tertiary/aromatic N) is 2. The number of aromatic nitrogens is 1. The van der Waals surface area contributed by atoms with E-state index in [-0.39, 0.29) is 10.8 Å². The van der Waals surface area contributed by atoms with Crippen molar-refractivity contribution < 1.29 is 13.2 Å². The molecular weight excluding hydrogens is 362 g/mol. The number of hydrogen-bond donors (Lipinski definition) is 1. The van der Waals surface area contributed by atoms with E-state index in [0.29, 0.717) is 11.3 Å². The first kappa shape index (κ1) is 19.0. The van der Waals surface area contributed by atoms with Crippen LogP contribution in [0.1, 0.15) is 21.5 Å². The largest absolute Gasteiger partial charge is 0.322 e. The van der Waals surface area contributed by atoms with Gasteiger partial charge >= 0.3 is 0 Å². The van der Waals surface area contributed by atoms with E-state index in [9.17, 15) is 13.2 Å². The quantitative estimate of drug-likeness (QED) is 0.749. The molecule has 0 aliphatic heterocycles.